The van der Waals surface area contributed by atoms with Crippen LogP contribution in [-0.4, -0.2) is 27.5 Å². The van der Waals surface area contributed by atoms with Gasteiger partial charge in [-0.1, -0.05) is 48.5 Å². The van der Waals surface area contributed by atoms with Gasteiger partial charge in [0, 0.05) is 5.56 Å². The second kappa shape index (κ2) is 7.29. The number of rotatable bonds is 4. The van der Waals surface area contributed by atoms with Crippen molar-refractivity contribution in [3.05, 3.63) is 78.6 Å². The summed E-state index contributed by atoms with van der Waals surface area (Å²) in [4.78, 5) is 0. The lowest BCUT2D eigenvalue weighted by Gasteiger charge is -2.09. The van der Waals surface area contributed by atoms with Crippen LogP contribution >= 0.6 is 0 Å². The lowest BCUT2D eigenvalue weighted by atomic mass is 9.99. The van der Waals surface area contributed by atoms with E-state index >= 15 is 0 Å². The Kier molecular flexibility index (Phi) is 4.53. The first kappa shape index (κ1) is 16.8. The minimum atomic E-state index is -0.410. The van der Waals surface area contributed by atoms with Crippen LogP contribution in [0.4, 0.5) is 4.39 Å². The molecule has 6 heteroatoms. The third-order valence-electron chi connectivity index (χ3n) is 4.16. The van der Waals surface area contributed by atoms with E-state index in [1.54, 1.807) is 25.3 Å². The molecule has 132 valence electrons. The van der Waals surface area contributed by atoms with Crippen LogP contribution in [0.15, 0.2) is 72.8 Å². The average Bonchev–Trinajstić information content (AvgIpc) is 2.74. The fourth-order valence-corrected chi connectivity index (χ4v) is 2.79. The number of methoxy groups -OCH3 is 1. The van der Waals surface area contributed by atoms with Gasteiger partial charge >= 0.3 is 0 Å². The van der Waals surface area contributed by atoms with Gasteiger partial charge in [-0.25, -0.2) is 4.39 Å². The highest BCUT2D eigenvalue weighted by molar-refractivity contribution is 5.80. The second-order valence-electron chi connectivity index (χ2n) is 5.80. The summed E-state index contributed by atoms with van der Waals surface area (Å²) in [6, 6.07) is 21.7. The smallest absolute Gasteiger partial charge is 0.206 e. The number of nitrogens with zero attached hydrogens (tertiary/aromatic N) is 4. The van der Waals surface area contributed by atoms with Gasteiger partial charge in [-0.3, -0.25) is 0 Å². The molecule has 0 aliphatic heterocycles. The molecule has 0 saturated heterocycles. The zero-order valence-electron chi connectivity index (χ0n) is 14.5. The molecule has 0 unspecified atom stereocenters. The standard InChI is InChI=1S/C21H15FN4O/c1-27-15-12-10-14(11-13-15)16-6-2-3-7-17(16)20-23-25-21(26-24-20)18-8-4-5-9-19(18)22/h2-13H,1H3. The van der Waals surface area contributed by atoms with Gasteiger partial charge in [0.05, 0.1) is 12.7 Å². The Morgan fingerprint density at radius 3 is 1.74 bits per heavy atom. The molecule has 4 rings (SSSR count). The topological polar surface area (TPSA) is 60.8 Å². The van der Waals surface area contributed by atoms with Gasteiger partial charge in [0.2, 0.25) is 11.6 Å². The van der Waals surface area contributed by atoms with Gasteiger partial charge in [-0.05, 0) is 35.4 Å². The number of halogens is 1. The molecular formula is C21H15FN4O. The molecule has 1 heterocycles. The summed E-state index contributed by atoms with van der Waals surface area (Å²) >= 11 is 0. The van der Waals surface area contributed by atoms with Crippen LogP contribution < -0.4 is 4.74 Å². The Hall–Kier alpha value is -3.67. The molecule has 0 atom stereocenters. The van der Waals surface area contributed by atoms with Gasteiger partial charge in [0.15, 0.2) is 0 Å². The minimum Gasteiger partial charge on any atom is -0.497 e. The van der Waals surface area contributed by atoms with Crippen LogP contribution in [0.3, 0.4) is 0 Å². The zero-order chi connectivity index (χ0) is 18.6. The van der Waals surface area contributed by atoms with Crippen molar-refractivity contribution >= 4 is 0 Å². The van der Waals surface area contributed by atoms with E-state index in [0.29, 0.717) is 5.82 Å². The van der Waals surface area contributed by atoms with Crippen molar-refractivity contribution in [2.75, 3.05) is 7.11 Å². The molecule has 5 nitrogen and oxygen atoms in total. The quantitative estimate of drug-likeness (QED) is 0.541. The van der Waals surface area contributed by atoms with Crippen molar-refractivity contribution in [2.24, 2.45) is 0 Å². The van der Waals surface area contributed by atoms with Crippen LogP contribution in [0.25, 0.3) is 33.9 Å². The lowest BCUT2D eigenvalue weighted by Crippen LogP contribution is -2.01. The SMILES string of the molecule is COc1ccc(-c2ccccc2-c2nnc(-c3ccccc3F)nn2)cc1. The Morgan fingerprint density at radius 2 is 1.15 bits per heavy atom. The minimum absolute atomic E-state index is 0.152. The second-order valence-corrected chi connectivity index (χ2v) is 5.80. The van der Waals surface area contributed by atoms with E-state index < -0.39 is 5.82 Å². The van der Waals surface area contributed by atoms with E-state index in [2.05, 4.69) is 20.4 Å². The molecule has 0 spiro atoms. The fraction of sp³-hybridized carbons (Fsp3) is 0.0476. The molecule has 0 bridgehead atoms. The van der Waals surface area contributed by atoms with E-state index in [0.717, 1.165) is 22.4 Å². The summed E-state index contributed by atoms with van der Waals surface area (Å²) in [5.74, 6) is 0.901. The normalized spacial score (nSPS) is 10.6. The molecule has 0 aliphatic rings. The van der Waals surface area contributed by atoms with E-state index in [9.17, 15) is 4.39 Å². The maximum Gasteiger partial charge on any atom is 0.206 e. The van der Waals surface area contributed by atoms with Gasteiger partial charge in [0.1, 0.15) is 11.6 Å². The van der Waals surface area contributed by atoms with Crippen molar-refractivity contribution < 1.29 is 9.13 Å². The largest absolute Gasteiger partial charge is 0.497 e. The third-order valence-corrected chi connectivity index (χ3v) is 4.16. The average molecular weight is 358 g/mol. The molecule has 0 aliphatic carbocycles. The summed E-state index contributed by atoms with van der Waals surface area (Å²) in [5, 5.41) is 16.5. The Balaban J connectivity index is 1.73. The third kappa shape index (κ3) is 3.37. The van der Waals surface area contributed by atoms with E-state index in [-0.39, 0.29) is 11.4 Å². The van der Waals surface area contributed by atoms with E-state index in [1.807, 2.05) is 48.5 Å². The molecule has 0 amide bonds. The lowest BCUT2D eigenvalue weighted by molar-refractivity contribution is 0.415. The molecule has 0 N–H and O–H groups in total. The monoisotopic (exact) mass is 358 g/mol. The Morgan fingerprint density at radius 1 is 0.630 bits per heavy atom. The molecule has 1 aromatic heterocycles. The first-order valence-corrected chi connectivity index (χ1v) is 8.32. The molecule has 3 aromatic carbocycles. The highest BCUT2D eigenvalue weighted by atomic mass is 19.1. The molecule has 0 radical (unpaired) electrons. The van der Waals surface area contributed by atoms with Crippen LogP contribution in [0.5, 0.6) is 5.75 Å². The maximum atomic E-state index is 13.9. The first-order valence-electron chi connectivity index (χ1n) is 8.32. The van der Waals surface area contributed by atoms with E-state index in [4.69, 9.17) is 4.74 Å². The molecule has 0 fully saturated rings. The van der Waals surface area contributed by atoms with Gasteiger partial charge in [0.25, 0.3) is 0 Å². The van der Waals surface area contributed by atoms with Crippen LogP contribution in [0, 0.1) is 5.82 Å². The number of hydrogen-bond acceptors (Lipinski definition) is 5. The van der Waals surface area contributed by atoms with Crippen LogP contribution in [0.2, 0.25) is 0 Å². The summed E-state index contributed by atoms with van der Waals surface area (Å²) < 4.78 is 19.1. The van der Waals surface area contributed by atoms with E-state index in [1.165, 1.54) is 6.07 Å². The van der Waals surface area contributed by atoms with Crippen molar-refractivity contribution in [2.45, 2.75) is 0 Å². The highest BCUT2D eigenvalue weighted by Gasteiger charge is 2.13. The summed E-state index contributed by atoms with van der Waals surface area (Å²) in [7, 11) is 1.63. The predicted molar refractivity (Wildman–Crippen MR) is 100 cm³/mol. The van der Waals surface area contributed by atoms with Crippen molar-refractivity contribution in [3.63, 3.8) is 0 Å². The highest BCUT2D eigenvalue weighted by Crippen LogP contribution is 2.31. The van der Waals surface area contributed by atoms with Crippen molar-refractivity contribution in [1.29, 1.82) is 0 Å². The van der Waals surface area contributed by atoms with Gasteiger partial charge in [-0.15, -0.1) is 20.4 Å². The van der Waals surface area contributed by atoms with Crippen LogP contribution in [0.1, 0.15) is 0 Å². The first-order chi connectivity index (χ1) is 13.3. The van der Waals surface area contributed by atoms with Crippen LogP contribution in [-0.2, 0) is 0 Å². The number of benzene rings is 3. The summed E-state index contributed by atoms with van der Waals surface area (Å²) in [6.45, 7) is 0. The molecule has 0 saturated carbocycles. The van der Waals surface area contributed by atoms with Crippen molar-refractivity contribution in [3.8, 4) is 39.7 Å². The Bertz CT molecular complexity index is 1070. The summed E-state index contributed by atoms with van der Waals surface area (Å²) in [5.41, 5.74) is 3.01. The Labute approximate surface area is 155 Å². The van der Waals surface area contributed by atoms with Gasteiger partial charge < -0.3 is 4.74 Å². The molecular weight excluding hydrogens is 343 g/mol. The fourth-order valence-electron chi connectivity index (χ4n) is 2.79. The predicted octanol–water partition coefficient (Wildman–Crippen LogP) is 4.42. The number of ether oxygens (including phenoxy) is 1. The maximum absolute atomic E-state index is 13.9. The molecule has 4 aromatic rings. The molecule has 27 heavy (non-hydrogen) atoms. The zero-order valence-corrected chi connectivity index (χ0v) is 14.5. The van der Waals surface area contributed by atoms with Crippen molar-refractivity contribution in [1.82, 2.24) is 20.4 Å². The number of aromatic nitrogens is 4. The van der Waals surface area contributed by atoms with Gasteiger partial charge in [-0.2, -0.15) is 0 Å². The summed E-state index contributed by atoms with van der Waals surface area (Å²) in [6.07, 6.45) is 0. The number of hydrogen-bond donors (Lipinski definition) is 0.